The van der Waals surface area contributed by atoms with Gasteiger partial charge in [-0.1, -0.05) is 29.8 Å². The summed E-state index contributed by atoms with van der Waals surface area (Å²) in [4.78, 5) is 12.8. The van der Waals surface area contributed by atoms with E-state index in [-0.39, 0.29) is 5.91 Å². The van der Waals surface area contributed by atoms with Crippen molar-refractivity contribution in [1.29, 1.82) is 0 Å². The molecule has 0 spiro atoms. The molecule has 174 valence electrons. The topological polar surface area (TPSA) is 60.7 Å². The predicted molar refractivity (Wildman–Crippen MR) is 138 cm³/mol. The molecule has 0 atom stereocenters. The van der Waals surface area contributed by atoms with Gasteiger partial charge in [-0.3, -0.25) is 4.79 Å². The maximum atomic E-state index is 12.8. The normalized spacial score (nSPS) is 11.5. The molecular weight excluding hydrogens is 450 g/mol. The van der Waals surface area contributed by atoms with Crippen LogP contribution in [0.3, 0.4) is 0 Å². The average Bonchev–Trinajstić information content (AvgIpc) is 3.26. The number of halogens is 1. The van der Waals surface area contributed by atoms with Crippen LogP contribution in [-0.2, 0) is 4.79 Å². The van der Waals surface area contributed by atoms with Gasteiger partial charge in [-0.05, 0) is 67.8 Å². The SMILES string of the molecule is COc1cccc(-c2coc3c(C)c(OC)c(/C(C)=C/C(=O)Nc4cccc(Cl)c4C)cc23)c1. The van der Waals surface area contributed by atoms with Gasteiger partial charge in [0.25, 0.3) is 0 Å². The Bertz CT molecular complexity index is 1420. The number of amides is 1. The fourth-order valence-electron chi connectivity index (χ4n) is 4.07. The van der Waals surface area contributed by atoms with E-state index in [2.05, 4.69) is 5.32 Å². The third kappa shape index (κ3) is 4.39. The number of aryl methyl sites for hydroxylation is 1. The van der Waals surface area contributed by atoms with Crippen molar-refractivity contribution in [3.05, 3.63) is 82.6 Å². The standard InChI is InChI=1S/C28H26ClNO4/c1-16(12-26(31)30-25-11-7-10-24(29)17(25)2)21-14-22-23(19-8-6-9-20(13-19)32-4)15-34-28(22)18(3)27(21)33-5/h6-15H,1-5H3,(H,30,31)/b16-12+. The van der Waals surface area contributed by atoms with Gasteiger partial charge in [0.05, 0.1) is 20.5 Å². The minimum absolute atomic E-state index is 0.247. The molecule has 1 amide bonds. The van der Waals surface area contributed by atoms with Crippen LogP contribution in [0.5, 0.6) is 11.5 Å². The summed E-state index contributed by atoms with van der Waals surface area (Å²) < 4.78 is 17.0. The number of hydrogen-bond donors (Lipinski definition) is 1. The molecule has 0 unspecified atom stereocenters. The molecular formula is C28H26ClNO4. The molecule has 0 aliphatic heterocycles. The molecule has 0 saturated carbocycles. The first kappa shape index (κ1) is 23.5. The summed E-state index contributed by atoms with van der Waals surface area (Å²) in [6.45, 7) is 5.71. The van der Waals surface area contributed by atoms with Crippen LogP contribution in [0.4, 0.5) is 5.69 Å². The zero-order valence-electron chi connectivity index (χ0n) is 19.8. The lowest BCUT2D eigenvalue weighted by molar-refractivity contribution is -0.111. The Kier molecular flexibility index (Phi) is 6.66. The second kappa shape index (κ2) is 9.65. The molecule has 0 saturated heterocycles. The summed E-state index contributed by atoms with van der Waals surface area (Å²) in [5.74, 6) is 1.18. The van der Waals surface area contributed by atoms with E-state index in [1.165, 1.54) is 0 Å². The van der Waals surface area contributed by atoms with Gasteiger partial charge in [0.1, 0.15) is 17.1 Å². The molecule has 4 aromatic rings. The maximum absolute atomic E-state index is 12.8. The molecule has 1 heterocycles. The van der Waals surface area contributed by atoms with Gasteiger partial charge in [-0.2, -0.15) is 0 Å². The molecule has 34 heavy (non-hydrogen) atoms. The van der Waals surface area contributed by atoms with Crippen LogP contribution in [0.1, 0.15) is 23.6 Å². The van der Waals surface area contributed by atoms with Crippen molar-refractivity contribution in [2.45, 2.75) is 20.8 Å². The Hall–Kier alpha value is -3.70. The number of nitrogens with one attached hydrogen (secondary N) is 1. The third-order valence-electron chi connectivity index (χ3n) is 5.93. The molecule has 5 nitrogen and oxygen atoms in total. The van der Waals surface area contributed by atoms with E-state index < -0.39 is 0 Å². The lowest BCUT2D eigenvalue weighted by Crippen LogP contribution is -2.10. The zero-order chi connectivity index (χ0) is 24.4. The number of furan rings is 1. The molecule has 0 aliphatic carbocycles. The highest BCUT2D eigenvalue weighted by atomic mass is 35.5. The number of allylic oxidation sites excluding steroid dienone is 1. The largest absolute Gasteiger partial charge is 0.497 e. The number of fused-ring (bicyclic) bond motifs is 1. The lowest BCUT2D eigenvalue weighted by Gasteiger charge is -2.14. The number of carbonyl (C=O) groups excluding carboxylic acids is 1. The molecule has 0 fully saturated rings. The van der Waals surface area contributed by atoms with E-state index >= 15 is 0 Å². The Balaban J connectivity index is 1.77. The van der Waals surface area contributed by atoms with E-state index in [9.17, 15) is 4.79 Å². The monoisotopic (exact) mass is 475 g/mol. The molecule has 3 aromatic carbocycles. The predicted octanol–water partition coefficient (Wildman–Crippen LogP) is 7.43. The summed E-state index contributed by atoms with van der Waals surface area (Å²) in [5.41, 5.74) is 6.59. The van der Waals surface area contributed by atoms with Crippen molar-refractivity contribution < 1.29 is 18.7 Å². The van der Waals surface area contributed by atoms with Crippen LogP contribution in [0.25, 0.3) is 27.7 Å². The Morgan fingerprint density at radius 2 is 1.79 bits per heavy atom. The average molecular weight is 476 g/mol. The van der Waals surface area contributed by atoms with Crippen LogP contribution >= 0.6 is 11.6 Å². The Morgan fingerprint density at radius 3 is 2.53 bits per heavy atom. The highest BCUT2D eigenvalue weighted by Gasteiger charge is 2.19. The number of hydrogen-bond acceptors (Lipinski definition) is 4. The Labute approximate surface area is 203 Å². The van der Waals surface area contributed by atoms with Gasteiger partial charge in [0, 0.05) is 38.9 Å². The summed E-state index contributed by atoms with van der Waals surface area (Å²) in [7, 11) is 3.26. The highest BCUT2D eigenvalue weighted by molar-refractivity contribution is 6.31. The van der Waals surface area contributed by atoms with E-state index in [1.54, 1.807) is 38.7 Å². The first-order valence-corrected chi connectivity index (χ1v) is 11.2. The summed E-state index contributed by atoms with van der Waals surface area (Å²) in [6, 6.07) is 15.2. The van der Waals surface area contributed by atoms with Crippen molar-refractivity contribution in [2.24, 2.45) is 0 Å². The number of benzene rings is 3. The first-order chi connectivity index (χ1) is 16.3. The molecule has 0 bridgehead atoms. The number of carbonyl (C=O) groups is 1. The van der Waals surface area contributed by atoms with Crippen LogP contribution in [0.15, 0.2) is 65.3 Å². The van der Waals surface area contributed by atoms with Gasteiger partial charge in [-0.15, -0.1) is 0 Å². The van der Waals surface area contributed by atoms with Gasteiger partial charge >= 0.3 is 0 Å². The molecule has 4 rings (SSSR count). The molecule has 0 aliphatic rings. The van der Waals surface area contributed by atoms with Crippen LogP contribution < -0.4 is 14.8 Å². The van der Waals surface area contributed by atoms with E-state index in [0.29, 0.717) is 16.5 Å². The van der Waals surface area contributed by atoms with Gasteiger partial charge in [0.15, 0.2) is 0 Å². The number of ether oxygens (including phenoxy) is 2. The van der Waals surface area contributed by atoms with Gasteiger partial charge < -0.3 is 19.2 Å². The van der Waals surface area contributed by atoms with Crippen molar-refractivity contribution >= 4 is 39.7 Å². The van der Waals surface area contributed by atoms with Crippen LogP contribution in [-0.4, -0.2) is 20.1 Å². The highest BCUT2D eigenvalue weighted by Crippen LogP contribution is 2.41. The number of methoxy groups -OCH3 is 2. The first-order valence-electron chi connectivity index (χ1n) is 10.8. The zero-order valence-corrected chi connectivity index (χ0v) is 20.5. The van der Waals surface area contributed by atoms with E-state index in [0.717, 1.165) is 50.1 Å². The smallest absolute Gasteiger partial charge is 0.248 e. The van der Waals surface area contributed by atoms with E-state index in [4.69, 9.17) is 25.5 Å². The Morgan fingerprint density at radius 1 is 1.03 bits per heavy atom. The van der Waals surface area contributed by atoms with Crippen LogP contribution in [0, 0.1) is 13.8 Å². The second-order valence-corrected chi connectivity index (χ2v) is 8.48. The number of anilines is 1. The van der Waals surface area contributed by atoms with Crippen molar-refractivity contribution in [3.63, 3.8) is 0 Å². The quantitative estimate of drug-likeness (QED) is 0.294. The third-order valence-corrected chi connectivity index (χ3v) is 6.34. The maximum Gasteiger partial charge on any atom is 0.248 e. The van der Waals surface area contributed by atoms with Gasteiger partial charge in [0.2, 0.25) is 5.91 Å². The molecule has 0 radical (unpaired) electrons. The molecule has 6 heteroatoms. The molecule has 1 aromatic heterocycles. The fraction of sp³-hybridized carbons (Fsp3) is 0.179. The van der Waals surface area contributed by atoms with Crippen LogP contribution in [0.2, 0.25) is 5.02 Å². The fourth-order valence-corrected chi connectivity index (χ4v) is 4.25. The summed E-state index contributed by atoms with van der Waals surface area (Å²) in [6.07, 6.45) is 3.30. The van der Waals surface area contributed by atoms with Crippen molar-refractivity contribution in [2.75, 3.05) is 19.5 Å². The van der Waals surface area contributed by atoms with Gasteiger partial charge in [-0.25, -0.2) is 0 Å². The summed E-state index contributed by atoms with van der Waals surface area (Å²) in [5, 5.41) is 4.45. The van der Waals surface area contributed by atoms with Crippen molar-refractivity contribution in [1.82, 2.24) is 0 Å². The van der Waals surface area contributed by atoms with Crippen molar-refractivity contribution in [3.8, 4) is 22.6 Å². The minimum atomic E-state index is -0.247. The second-order valence-electron chi connectivity index (χ2n) is 8.07. The lowest BCUT2D eigenvalue weighted by atomic mass is 9.96. The minimum Gasteiger partial charge on any atom is -0.497 e. The molecule has 1 N–H and O–H groups in total. The van der Waals surface area contributed by atoms with E-state index in [1.807, 2.05) is 57.2 Å². The number of rotatable bonds is 6. The summed E-state index contributed by atoms with van der Waals surface area (Å²) >= 11 is 6.18.